The van der Waals surface area contributed by atoms with E-state index in [9.17, 15) is 30.3 Å². The molecule has 6 nitrogen and oxygen atoms in total. The fraction of sp³-hybridized carbons (Fsp3) is 0.150. The van der Waals surface area contributed by atoms with Crippen molar-refractivity contribution in [1.29, 1.82) is 0 Å². The van der Waals surface area contributed by atoms with Gasteiger partial charge < -0.3 is 25.5 Å². The molecule has 6 heteroatoms. The number of ketones is 1. The first-order valence-electron chi connectivity index (χ1n) is 7.90. The lowest BCUT2D eigenvalue weighted by Crippen LogP contribution is -2.43. The van der Waals surface area contributed by atoms with Gasteiger partial charge in [0.2, 0.25) is 5.78 Å². The van der Waals surface area contributed by atoms with Gasteiger partial charge in [-0.25, -0.2) is 0 Å². The second-order valence-electron chi connectivity index (χ2n) is 5.66. The molecule has 0 aromatic heterocycles. The fourth-order valence-corrected chi connectivity index (χ4v) is 2.24. The number of hydrogen-bond acceptors (Lipinski definition) is 6. The van der Waals surface area contributed by atoms with Crippen LogP contribution in [0.25, 0.3) is 12.2 Å². The summed E-state index contributed by atoms with van der Waals surface area (Å²) < 4.78 is 0. The van der Waals surface area contributed by atoms with Crippen molar-refractivity contribution in [1.82, 2.24) is 0 Å². The molecule has 26 heavy (non-hydrogen) atoms. The van der Waals surface area contributed by atoms with Gasteiger partial charge in [-0.05, 0) is 23.3 Å². The third-order valence-corrected chi connectivity index (χ3v) is 3.69. The minimum Gasteiger partial charge on any atom is -0.509 e. The van der Waals surface area contributed by atoms with Gasteiger partial charge in [0.15, 0.2) is 5.76 Å². The number of hydrogen-bond donors (Lipinski definition) is 5. The van der Waals surface area contributed by atoms with Crippen LogP contribution in [0.2, 0.25) is 0 Å². The van der Waals surface area contributed by atoms with Crippen molar-refractivity contribution in [3.8, 4) is 0 Å². The SMILES string of the molecule is O=C(C(O)=Cc1ccccc1)[C@H](O)[C@@H](O)[C@H](O)C(O)=Cc1ccccc1. The Morgan fingerprint density at radius 2 is 1.19 bits per heavy atom. The molecule has 0 amide bonds. The molecule has 0 fully saturated rings. The summed E-state index contributed by atoms with van der Waals surface area (Å²) in [6, 6.07) is 16.9. The van der Waals surface area contributed by atoms with Gasteiger partial charge in [0.25, 0.3) is 0 Å². The van der Waals surface area contributed by atoms with Crippen LogP contribution in [-0.4, -0.2) is 49.6 Å². The average molecular weight is 356 g/mol. The monoisotopic (exact) mass is 356 g/mol. The summed E-state index contributed by atoms with van der Waals surface area (Å²) >= 11 is 0. The summed E-state index contributed by atoms with van der Waals surface area (Å²) in [4.78, 5) is 12.0. The van der Waals surface area contributed by atoms with Crippen molar-refractivity contribution in [2.75, 3.05) is 0 Å². The van der Waals surface area contributed by atoms with Crippen LogP contribution in [0.4, 0.5) is 0 Å². The Morgan fingerprint density at radius 3 is 1.69 bits per heavy atom. The molecule has 136 valence electrons. The van der Waals surface area contributed by atoms with Gasteiger partial charge in [-0.15, -0.1) is 0 Å². The van der Waals surface area contributed by atoms with Crippen LogP contribution in [0, 0.1) is 0 Å². The van der Waals surface area contributed by atoms with Crippen LogP contribution in [0.1, 0.15) is 11.1 Å². The van der Waals surface area contributed by atoms with E-state index in [1.807, 2.05) is 0 Å². The second kappa shape index (κ2) is 8.96. The van der Waals surface area contributed by atoms with Gasteiger partial charge in [0.05, 0.1) is 0 Å². The van der Waals surface area contributed by atoms with Gasteiger partial charge in [0.1, 0.15) is 24.1 Å². The van der Waals surface area contributed by atoms with E-state index in [4.69, 9.17) is 0 Å². The highest BCUT2D eigenvalue weighted by molar-refractivity contribution is 6.00. The number of carbonyl (C=O) groups is 1. The van der Waals surface area contributed by atoms with E-state index in [2.05, 4.69) is 0 Å². The minimum absolute atomic E-state index is 0.521. The van der Waals surface area contributed by atoms with E-state index < -0.39 is 35.6 Å². The predicted molar refractivity (Wildman–Crippen MR) is 97.1 cm³/mol. The maximum absolute atomic E-state index is 12.0. The Balaban J connectivity index is 2.10. The van der Waals surface area contributed by atoms with E-state index in [-0.39, 0.29) is 0 Å². The Labute approximate surface area is 150 Å². The van der Waals surface area contributed by atoms with Gasteiger partial charge in [-0.1, -0.05) is 60.7 Å². The van der Waals surface area contributed by atoms with Gasteiger partial charge in [0, 0.05) is 0 Å². The van der Waals surface area contributed by atoms with Crippen molar-refractivity contribution in [3.05, 3.63) is 83.3 Å². The quantitative estimate of drug-likeness (QED) is 0.382. The molecule has 2 rings (SSSR count). The van der Waals surface area contributed by atoms with Crippen LogP contribution in [-0.2, 0) is 4.79 Å². The molecular formula is C20H20O6. The summed E-state index contributed by atoms with van der Waals surface area (Å²) in [5.41, 5.74) is 1.08. The molecule has 2 aromatic rings. The Hall–Kier alpha value is -2.93. The van der Waals surface area contributed by atoms with Gasteiger partial charge >= 0.3 is 0 Å². The summed E-state index contributed by atoms with van der Waals surface area (Å²) in [5.74, 6) is -2.57. The maximum atomic E-state index is 12.0. The first-order valence-corrected chi connectivity index (χ1v) is 7.90. The number of carbonyl (C=O) groups excluding carboxylic acids is 1. The number of aliphatic hydroxyl groups excluding tert-OH is 5. The molecule has 0 radical (unpaired) electrons. The lowest BCUT2D eigenvalue weighted by molar-refractivity contribution is -0.136. The third kappa shape index (κ3) is 5.03. The highest BCUT2D eigenvalue weighted by Gasteiger charge is 2.34. The number of rotatable bonds is 7. The Bertz CT molecular complexity index is 782. The lowest BCUT2D eigenvalue weighted by Gasteiger charge is -2.21. The molecule has 0 unspecified atom stereocenters. The van der Waals surface area contributed by atoms with Gasteiger partial charge in [-0.2, -0.15) is 0 Å². The zero-order valence-electron chi connectivity index (χ0n) is 13.8. The van der Waals surface area contributed by atoms with Crippen LogP contribution in [0.5, 0.6) is 0 Å². The normalized spacial score (nSPS) is 16.0. The lowest BCUT2D eigenvalue weighted by atomic mass is 10.00. The first-order chi connectivity index (χ1) is 12.4. The molecule has 0 saturated carbocycles. The molecule has 0 saturated heterocycles. The van der Waals surface area contributed by atoms with Crippen molar-refractivity contribution >= 4 is 17.9 Å². The van der Waals surface area contributed by atoms with Crippen molar-refractivity contribution < 1.29 is 30.3 Å². The van der Waals surface area contributed by atoms with Crippen LogP contribution < -0.4 is 0 Å². The summed E-state index contributed by atoms with van der Waals surface area (Å²) in [5, 5.41) is 49.6. The molecule has 3 atom stereocenters. The molecule has 0 aliphatic heterocycles. The average Bonchev–Trinajstić information content (AvgIpc) is 2.67. The minimum atomic E-state index is -2.11. The Morgan fingerprint density at radius 1 is 0.731 bits per heavy atom. The van der Waals surface area contributed by atoms with Crippen LogP contribution in [0.15, 0.2) is 72.2 Å². The highest BCUT2D eigenvalue weighted by atomic mass is 16.4. The van der Waals surface area contributed by atoms with E-state index in [0.29, 0.717) is 11.1 Å². The van der Waals surface area contributed by atoms with Crippen molar-refractivity contribution in [3.63, 3.8) is 0 Å². The van der Waals surface area contributed by atoms with E-state index in [1.165, 1.54) is 6.08 Å². The Kier molecular flexibility index (Phi) is 6.68. The molecule has 5 N–H and O–H groups in total. The zero-order chi connectivity index (χ0) is 19.1. The molecule has 0 spiro atoms. The predicted octanol–water partition coefficient (Wildman–Crippen LogP) is 1.84. The van der Waals surface area contributed by atoms with Crippen molar-refractivity contribution in [2.24, 2.45) is 0 Å². The van der Waals surface area contributed by atoms with E-state index in [0.717, 1.165) is 6.08 Å². The number of Topliss-reactive ketones (excluding diaryl/α,β-unsaturated/α-hetero) is 1. The second-order valence-corrected chi connectivity index (χ2v) is 5.66. The van der Waals surface area contributed by atoms with Gasteiger partial charge in [-0.3, -0.25) is 4.79 Å². The third-order valence-electron chi connectivity index (χ3n) is 3.69. The molecule has 0 bridgehead atoms. The molecule has 2 aromatic carbocycles. The highest BCUT2D eigenvalue weighted by Crippen LogP contribution is 2.15. The standard InChI is InChI=1S/C20H20O6/c21-15(11-13-7-3-1-4-8-13)17(23)19(25)20(26)18(24)16(22)12-14-9-5-2-6-10-14/h1-12,17,19-23,25-26H/t17-,19+,20+/m1/s1. The molecule has 0 aliphatic carbocycles. The largest absolute Gasteiger partial charge is 0.509 e. The van der Waals surface area contributed by atoms with Crippen LogP contribution >= 0.6 is 0 Å². The molecule has 0 aliphatic rings. The molecule has 0 heterocycles. The van der Waals surface area contributed by atoms with Crippen LogP contribution in [0.3, 0.4) is 0 Å². The summed E-state index contributed by atoms with van der Waals surface area (Å²) in [6.45, 7) is 0. The smallest absolute Gasteiger partial charge is 0.228 e. The fourth-order valence-electron chi connectivity index (χ4n) is 2.24. The maximum Gasteiger partial charge on any atom is 0.228 e. The first kappa shape index (κ1) is 19.4. The number of benzene rings is 2. The summed E-state index contributed by atoms with van der Waals surface area (Å²) in [7, 11) is 0. The number of aliphatic hydroxyl groups is 5. The summed E-state index contributed by atoms with van der Waals surface area (Å²) in [6.07, 6.45) is -3.71. The van der Waals surface area contributed by atoms with E-state index >= 15 is 0 Å². The molecular weight excluding hydrogens is 336 g/mol. The zero-order valence-corrected chi connectivity index (χ0v) is 13.8. The van der Waals surface area contributed by atoms with Crippen molar-refractivity contribution in [2.45, 2.75) is 18.3 Å². The van der Waals surface area contributed by atoms with E-state index in [1.54, 1.807) is 60.7 Å². The topological polar surface area (TPSA) is 118 Å².